The summed E-state index contributed by atoms with van der Waals surface area (Å²) in [5.41, 5.74) is -0.629. The van der Waals surface area contributed by atoms with Crippen molar-refractivity contribution >= 4 is 38.9 Å². The van der Waals surface area contributed by atoms with E-state index in [0.29, 0.717) is 37.8 Å². The number of sulfone groups is 1. The van der Waals surface area contributed by atoms with E-state index in [1.807, 2.05) is 31.6 Å². The van der Waals surface area contributed by atoms with Gasteiger partial charge in [-0.15, -0.1) is 11.3 Å². The third-order valence-corrected chi connectivity index (χ3v) is 8.97. The molecule has 1 aliphatic carbocycles. The maximum atomic E-state index is 13.8. The van der Waals surface area contributed by atoms with Gasteiger partial charge in [-0.3, -0.25) is 4.68 Å². The Hall–Kier alpha value is -3.20. The summed E-state index contributed by atoms with van der Waals surface area (Å²) in [6.07, 6.45) is 1.68. The first-order chi connectivity index (χ1) is 19.1. The molecule has 1 N–H and O–H groups in total. The highest BCUT2D eigenvalue weighted by molar-refractivity contribution is 7.90. The standard InChI is InChI=1S/C26H31F3N6O4S2/c1-25(2,3)39-24(36)34-9-7-16(8-10-34)35-13-19(21(33-35)15-5-6-15)31-23-30-12-18(26(27,28)29)22(32-23)20-11-17(14-40-20)41(4,37)38/h11-16H,5-10H2,1-4H3,(H,30,31,32). The number of likely N-dealkylation sites (tertiary alicyclic amines) is 1. The lowest BCUT2D eigenvalue weighted by Crippen LogP contribution is -2.42. The number of carbonyl (C=O) groups excluding carboxylic acids is 1. The van der Waals surface area contributed by atoms with Crippen molar-refractivity contribution in [2.45, 2.75) is 75.1 Å². The van der Waals surface area contributed by atoms with Crippen LogP contribution in [0, 0.1) is 0 Å². The zero-order chi connectivity index (χ0) is 29.7. The van der Waals surface area contributed by atoms with E-state index in [0.717, 1.165) is 36.1 Å². The van der Waals surface area contributed by atoms with Crippen LogP contribution < -0.4 is 5.32 Å². The first kappa shape index (κ1) is 29.3. The van der Waals surface area contributed by atoms with Gasteiger partial charge in [-0.25, -0.2) is 23.2 Å². The van der Waals surface area contributed by atoms with Crippen LogP contribution in [0.1, 0.15) is 69.7 Å². The molecule has 2 aliphatic rings. The molecule has 1 amide bonds. The number of thiophene rings is 1. The fourth-order valence-corrected chi connectivity index (χ4v) is 6.61. The molecule has 2 fully saturated rings. The Kier molecular flexibility index (Phi) is 7.55. The molecule has 0 aromatic carbocycles. The highest BCUT2D eigenvalue weighted by atomic mass is 32.2. The monoisotopic (exact) mass is 612 g/mol. The number of nitrogens with zero attached hydrogens (tertiary/aromatic N) is 5. The predicted molar refractivity (Wildman–Crippen MR) is 147 cm³/mol. The van der Waals surface area contributed by atoms with Crippen LogP contribution in [-0.2, 0) is 20.8 Å². The second kappa shape index (κ2) is 10.6. The number of hydrogen-bond acceptors (Lipinski definition) is 9. The first-order valence-corrected chi connectivity index (χ1v) is 15.9. The highest BCUT2D eigenvalue weighted by Crippen LogP contribution is 2.44. The van der Waals surface area contributed by atoms with Crippen molar-refractivity contribution in [1.82, 2.24) is 24.6 Å². The lowest BCUT2D eigenvalue weighted by Gasteiger charge is -2.33. The van der Waals surface area contributed by atoms with Gasteiger partial charge in [0.05, 0.1) is 32.9 Å². The molecule has 0 atom stereocenters. The molecule has 3 aromatic rings. The summed E-state index contributed by atoms with van der Waals surface area (Å²) >= 11 is 0.870. The highest BCUT2D eigenvalue weighted by Gasteiger charge is 2.37. The maximum absolute atomic E-state index is 13.8. The van der Waals surface area contributed by atoms with Crippen molar-refractivity contribution < 1.29 is 31.1 Å². The van der Waals surface area contributed by atoms with Gasteiger partial charge in [-0.05, 0) is 52.5 Å². The van der Waals surface area contributed by atoms with E-state index >= 15 is 0 Å². The number of aromatic nitrogens is 4. The van der Waals surface area contributed by atoms with Gasteiger partial charge < -0.3 is 15.0 Å². The largest absolute Gasteiger partial charge is 0.444 e. The molecule has 222 valence electrons. The molecule has 1 saturated heterocycles. The Balaban J connectivity index is 1.38. The topological polar surface area (TPSA) is 119 Å². The Morgan fingerprint density at radius 3 is 2.39 bits per heavy atom. The van der Waals surface area contributed by atoms with E-state index in [4.69, 9.17) is 9.84 Å². The molecule has 0 radical (unpaired) electrons. The van der Waals surface area contributed by atoms with Crippen molar-refractivity contribution in [3.05, 3.63) is 35.1 Å². The second-order valence-electron chi connectivity index (χ2n) is 11.4. The number of hydrogen-bond donors (Lipinski definition) is 1. The molecular formula is C26H31F3N6O4S2. The van der Waals surface area contributed by atoms with Crippen LogP contribution in [0.3, 0.4) is 0 Å². The average Bonchev–Trinajstić information content (AvgIpc) is 3.41. The molecule has 1 saturated carbocycles. The van der Waals surface area contributed by atoms with Gasteiger partial charge in [0.2, 0.25) is 5.95 Å². The van der Waals surface area contributed by atoms with E-state index in [2.05, 4.69) is 15.3 Å². The lowest BCUT2D eigenvalue weighted by molar-refractivity contribution is -0.137. The average molecular weight is 613 g/mol. The number of carbonyl (C=O) groups is 1. The van der Waals surface area contributed by atoms with Gasteiger partial charge in [0.1, 0.15) is 11.2 Å². The fraction of sp³-hybridized carbons (Fsp3) is 0.538. The summed E-state index contributed by atoms with van der Waals surface area (Å²) in [4.78, 5) is 22.2. The smallest absolute Gasteiger partial charge is 0.420 e. The molecule has 5 rings (SSSR count). The third-order valence-electron chi connectivity index (χ3n) is 6.79. The lowest BCUT2D eigenvalue weighted by atomic mass is 10.1. The Labute approximate surface area is 239 Å². The maximum Gasteiger partial charge on any atom is 0.420 e. The van der Waals surface area contributed by atoms with Crippen molar-refractivity contribution in [2.75, 3.05) is 24.7 Å². The van der Waals surface area contributed by atoms with Crippen molar-refractivity contribution in [3.63, 3.8) is 0 Å². The zero-order valence-electron chi connectivity index (χ0n) is 23.0. The van der Waals surface area contributed by atoms with Gasteiger partial charge in [0.25, 0.3) is 0 Å². The van der Waals surface area contributed by atoms with E-state index < -0.39 is 32.9 Å². The third kappa shape index (κ3) is 6.83. The van der Waals surface area contributed by atoms with E-state index in [1.165, 1.54) is 11.4 Å². The molecule has 0 bridgehead atoms. The first-order valence-electron chi connectivity index (χ1n) is 13.2. The van der Waals surface area contributed by atoms with E-state index in [-0.39, 0.29) is 33.8 Å². The minimum Gasteiger partial charge on any atom is -0.444 e. The second-order valence-corrected chi connectivity index (χ2v) is 14.3. The number of alkyl halides is 3. The predicted octanol–water partition coefficient (Wildman–Crippen LogP) is 6.02. The van der Waals surface area contributed by atoms with Gasteiger partial charge in [0.15, 0.2) is 9.84 Å². The van der Waals surface area contributed by atoms with Gasteiger partial charge in [-0.1, -0.05) is 0 Å². The van der Waals surface area contributed by atoms with Crippen molar-refractivity contribution in [2.24, 2.45) is 0 Å². The summed E-state index contributed by atoms with van der Waals surface area (Å²) in [5.74, 6) is 0.174. The number of halogens is 3. The molecule has 0 unspecified atom stereocenters. The molecule has 41 heavy (non-hydrogen) atoms. The van der Waals surface area contributed by atoms with Crippen LogP contribution in [0.2, 0.25) is 0 Å². The number of amides is 1. The molecule has 0 spiro atoms. The van der Waals surface area contributed by atoms with Crippen molar-refractivity contribution in [1.29, 1.82) is 0 Å². The number of piperidine rings is 1. The summed E-state index contributed by atoms with van der Waals surface area (Å²) in [6, 6.07) is 1.23. The minimum atomic E-state index is -4.73. The summed E-state index contributed by atoms with van der Waals surface area (Å²) in [7, 11) is -3.60. The Bertz CT molecular complexity index is 1550. The number of anilines is 2. The molecule has 3 aromatic heterocycles. The van der Waals surface area contributed by atoms with Crippen LogP contribution in [0.15, 0.2) is 28.7 Å². The van der Waals surface area contributed by atoms with E-state index in [1.54, 1.807) is 4.90 Å². The number of nitrogens with one attached hydrogen (secondary N) is 1. The summed E-state index contributed by atoms with van der Waals surface area (Å²) < 4.78 is 72.6. The summed E-state index contributed by atoms with van der Waals surface area (Å²) in [6.45, 7) is 6.51. The van der Waals surface area contributed by atoms with Crippen LogP contribution in [0.5, 0.6) is 0 Å². The van der Waals surface area contributed by atoms with Crippen LogP contribution >= 0.6 is 11.3 Å². The molecule has 1 aliphatic heterocycles. The summed E-state index contributed by atoms with van der Waals surface area (Å²) in [5, 5.41) is 9.16. The fourth-order valence-electron chi connectivity index (χ4n) is 4.58. The van der Waals surface area contributed by atoms with Gasteiger partial charge in [-0.2, -0.15) is 18.3 Å². The van der Waals surface area contributed by atoms with Crippen LogP contribution in [0.4, 0.5) is 29.6 Å². The van der Waals surface area contributed by atoms with Gasteiger partial charge >= 0.3 is 12.3 Å². The number of rotatable bonds is 6. The van der Waals surface area contributed by atoms with E-state index in [9.17, 15) is 26.4 Å². The molecule has 10 nitrogen and oxygen atoms in total. The SMILES string of the molecule is CC(C)(C)OC(=O)N1CCC(n2cc(Nc3ncc(C(F)(F)F)c(-c4cc(S(C)(=O)=O)cs4)n3)c(C3CC3)n2)CC1. The number of ether oxygens (including phenoxy) is 1. The Morgan fingerprint density at radius 1 is 1.15 bits per heavy atom. The molecular weight excluding hydrogens is 581 g/mol. The Morgan fingerprint density at radius 2 is 1.83 bits per heavy atom. The molecule has 4 heterocycles. The molecule has 15 heteroatoms. The minimum absolute atomic E-state index is 0.0337. The van der Waals surface area contributed by atoms with Gasteiger partial charge in [0, 0.05) is 43.0 Å². The normalized spacial score (nSPS) is 17.1. The zero-order valence-corrected chi connectivity index (χ0v) is 24.7. The van der Waals surface area contributed by atoms with Crippen molar-refractivity contribution in [3.8, 4) is 10.6 Å². The van der Waals surface area contributed by atoms with Crippen LogP contribution in [-0.4, -0.2) is 64.1 Å². The quantitative estimate of drug-likeness (QED) is 0.359. The van der Waals surface area contributed by atoms with Crippen LogP contribution in [0.25, 0.3) is 10.6 Å².